The highest BCUT2D eigenvalue weighted by atomic mass is 16.1. The van der Waals surface area contributed by atoms with Crippen molar-refractivity contribution in [3.8, 4) is 0 Å². The molecule has 0 unspecified atom stereocenters. The van der Waals surface area contributed by atoms with Crippen LogP contribution in [0.5, 0.6) is 0 Å². The van der Waals surface area contributed by atoms with Gasteiger partial charge >= 0.3 is 0 Å². The molecule has 1 saturated heterocycles. The van der Waals surface area contributed by atoms with Gasteiger partial charge in [0.2, 0.25) is 5.91 Å². The molecule has 1 aromatic rings. The van der Waals surface area contributed by atoms with E-state index >= 15 is 0 Å². The molecule has 0 aromatic carbocycles. The number of nitrogens with one attached hydrogen (secondary N) is 2. The Hall–Kier alpha value is -1.62. The van der Waals surface area contributed by atoms with Gasteiger partial charge in [-0.05, 0) is 45.1 Å². The van der Waals surface area contributed by atoms with Gasteiger partial charge in [0.1, 0.15) is 0 Å². The second-order valence-corrected chi connectivity index (χ2v) is 6.38. The number of amides is 1. The highest BCUT2D eigenvalue weighted by Gasteiger charge is 2.30. The summed E-state index contributed by atoms with van der Waals surface area (Å²) in [6.45, 7) is 3.96. The van der Waals surface area contributed by atoms with Crippen LogP contribution in [0.1, 0.15) is 50.6 Å². The Morgan fingerprint density at radius 1 is 1.41 bits per heavy atom. The summed E-state index contributed by atoms with van der Waals surface area (Å²) in [5.41, 5.74) is 1.11. The Labute approximate surface area is 132 Å². The summed E-state index contributed by atoms with van der Waals surface area (Å²) in [5.74, 6) is 0.870. The molecule has 1 aliphatic carbocycles. The first-order valence-corrected chi connectivity index (χ1v) is 8.46. The van der Waals surface area contributed by atoms with Crippen molar-refractivity contribution in [3.05, 3.63) is 30.1 Å². The third-order valence-corrected chi connectivity index (χ3v) is 4.78. The van der Waals surface area contributed by atoms with E-state index in [-0.39, 0.29) is 11.9 Å². The summed E-state index contributed by atoms with van der Waals surface area (Å²) in [4.78, 5) is 11.8. The minimum atomic E-state index is 0.0423. The fourth-order valence-electron chi connectivity index (χ4n) is 3.41. The second kappa shape index (κ2) is 7.09. The summed E-state index contributed by atoms with van der Waals surface area (Å²) >= 11 is 0. The van der Waals surface area contributed by atoms with E-state index in [1.54, 1.807) is 0 Å². The van der Waals surface area contributed by atoms with Crippen molar-refractivity contribution >= 4 is 5.91 Å². The van der Waals surface area contributed by atoms with Crippen molar-refractivity contribution < 1.29 is 4.79 Å². The zero-order valence-electron chi connectivity index (χ0n) is 13.3. The van der Waals surface area contributed by atoms with Gasteiger partial charge < -0.3 is 10.6 Å². The lowest BCUT2D eigenvalue weighted by Crippen LogP contribution is -2.49. The largest absolute Gasteiger partial charge is 0.348 e. The van der Waals surface area contributed by atoms with Crippen LogP contribution in [-0.4, -0.2) is 28.3 Å². The number of carbonyl (C=O) groups is 1. The van der Waals surface area contributed by atoms with Crippen molar-refractivity contribution in [1.82, 2.24) is 20.4 Å². The molecule has 22 heavy (non-hydrogen) atoms. The van der Waals surface area contributed by atoms with Crippen LogP contribution in [0.3, 0.4) is 0 Å². The van der Waals surface area contributed by atoms with E-state index in [2.05, 4.69) is 34.8 Å². The van der Waals surface area contributed by atoms with Crippen molar-refractivity contribution in [3.63, 3.8) is 0 Å². The molecule has 1 amide bonds. The molecule has 0 radical (unpaired) electrons. The number of hydrogen-bond acceptors (Lipinski definition) is 3. The third-order valence-electron chi connectivity index (χ3n) is 4.78. The van der Waals surface area contributed by atoms with Crippen LogP contribution < -0.4 is 10.6 Å². The fraction of sp³-hybridized carbons (Fsp3) is 0.647. The summed E-state index contributed by atoms with van der Waals surface area (Å²) in [7, 11) is 0. The van der Waals surface area contributed by atoms with Crippen LogP contribution in [0.4, 0.5) is 0 Å². The average molecular weight is 302 g/mol. The molecule has 5 nitrogen and oxygen atoms in total. The van der Waals surface area contributed by atoms with Gasteiger partial charge in [0.05, 0.1) is 12.2 Å². The Morgan fingerprint density at radius 2 is 2.32 bits per heavy atom. The number of rotatable bonds is 5. The molecule has 2 heterocycles. The van der Waals surface area contributed by atoms with Crippen molar-refractivity contribution in [2.75, 3.05) is 6.54 Å². The van der Waals surface area contributed by atoms with Crippen molar-refractivity contribution in [2.24, 2.45) is 5.92 Å². The van der Waals surface area contributed by atoms with Gasteiger partial charge in [-0.25, -0.2) is 0 Å². The fourth-order valence-corrected chi connectivity index (χ4v) is 3.41. The molecular weight excluding hydrogens is 276 g/mol. The predicted molar refractivity (Wildman–Crippen MR) is 86.3 cm³/mol. The van der Waals surface area contributed by atoms with Gasteiger partial charge in [-0.15, -0.1) is 0 Å². The van der Waals surface area contributed by atoms with E-state index in [0.717, 1.165) is 31.0 Å². The zero-order valence-corrected chi connectivity index (χ0v) is 13.3. The standard InChI is InChI=1S/C17H26N4O/c1-2-21-12-14(11-19-21)17-15(8-9-16(22)20-17)18-10-13-6-4-3-5-7-13/h3-4,11-13,15,17-18H,2,5-10H2,1H3,(H,20,22)/t13-,15+,17-/m0/s1. The molecule has 5 heteroatoms. The number of nitrogens with zero attached hydrogens (tertiary/aromatic N) is 2. The van der Waals surface area contributed by atoms with Gasteiger partial charge in [0, 0.05) is 30.8 Å². The molecule has 2 N–H and O–H groups in total. The van der Waals surface area contributed by atoms with E-state index in [1.807, 2.05) is 17.1 Å². The summed E-state index contributed by atoms with van der Waals surface area (Å²) in [6.07, 6.45) is 13.6. The molecule has 1 fully saturated rings. The van der Waals surface area contributed by atoms with E-state index in [0.29, 0.717) is 12.5 Å². The Bertz CT molecular complexity index is 537. The minimum absolute atomic E-state index is 0.0423. The van der Waals surface area contributed by atoms with Crippen LogP contribution >= 0.6 is 0 Å². The maximum Gasteiger partial charge on any atom is 0.220 e. The molecule has 1 aromatic heterocycles. The summed E-state index contributed by atoms with van der Waals surface area (Å²) in [5, 5.41) is 11.2. The van der Waals surface area contributed by atoms with Crippen LogP contribution in [-0.2, 0) is 11.3 Å². The van der Waals surface area contributed by atoms with Crippen LogP contribution in [0, 0.1) is 5.92 Å². The van der Waals surface area contributed by atoms with E-state index < -0.39 is 0 Å². The van der Waals surface area contributed by atoms with E-state index in [9.17, 15) is 4.79 Å². The lowest BCUT2D eigenvalue weighted by molar-refractivity contribution is -0.123. The van der Waals surface area contributed by atoms with E-state index in [1.165, 1.54) is 19.3 Å². The number of aromatic nitrogens is 2. The first kappa shape index (κ1) is 15.3. The van der Waals surface area contributed by atoms with Crippen LogP contribution in [0.15, 0.2) is 24.5 Å². The van der Waals surface area contributed by atoms with Gasteiger partial charge in [0.25, 0.3) is 0 Å². The zero-order chi connectivity index (χ0) is 15.4. The highest BCUT2D eigenvalue weighted by Crippen LogP contribution is 2.25. The lowest BCUT2D eigenvalue weighted by atomic mass is 9.91. The smallest absolute Gasteiger partial charge is 0.220 e. The topological polar surface area (TPSA) is 59.0 Å². The van der Waals surface area contributed by atoms with Gasteiger partial charge in [-0.1, -0.05) is 12.2 Å². The van der Waals surface area contributed by atoms with Gasteiger partial charge in [-0.3, -0.25) is 9.48 Å². The first-order valence-electron chi connectivity index (χ1n) is 8.46. The predicted octanol–water partition coefficient (Wildman–Crippen LogP) is 2.17. The number of hydrogen-bond donors (Lipinski definition) is 2. The number of carbonyl (C=O) groups excluding carboxylic acids is 1. The molecule has 3 atom stereocenters. The maximum atomic E-state index is 11.8. The van der Waals surface area contributed by atoms with Gasteiger partial charge in [-0.2, -0.15) is 5.10 Å². The monoisotopic (exact) mass is 302 g/mol. The van der Waals surface area contributed by atoms with Gasteiger partial charge in [0.15, 0.2) is 0 Å². The Morgan fingerprint density at radius 3 is 3.05 bits per heavy atom. The highest BCUT2D eigenvalue weighted by molar-refractivity contribution is 5.77. The molecule has 0 spiro atoms. The average Bonchev–Trinajstić information content (AvgIpc) is 3.03. The molecular formula is C17H26N4O. The van der Waals surface area contributed by atoms with Crippen molar-refractivity contribution in [2.45, 2.75) is 57.7 Å². The molecule has 120 valence electrons. The molecule has 0 saturated carbocycles. The summed E-state index contributed by atoms with van der Waals surface area (Å²) in [6, 6.07) is 0.346. The lowest BCUT2D eigenvalue weighted by Gasteiger charge is -2.33. The summed E-state index contributed by atoms with van der Waals surface area (Å²) < 4.78 is 1.92. The van der Waals surface area contributed by atoms with Crippen LogP contribution in [0.25, 0.3) is 0 Å². The maximum absolute atomic E-state index is 11.8. The Kier molecular flexibility index (Phi) is 4.93. The normalized spacial score (nSPS) is 28.6. The molecule has 2 aliphatic rings. The first-order chi connectivity index (χ1) is 10.8. The minimum Gasteiger partial charge on any atom is -0.348 e. The second-order valence-electron chi connectivity index (χ2n) is 6.38. The SMILES string of the molecule is CCn1cc([C@@H]2NC(=O)CC[C@H]2NC[C@H]2CC=CCC2)cn1. The number of allylic oxidation sites excluding steroid dienone is 2. The van der Waals surface area contributed by atoms with Crippen LogP contribution in [0.2, 0.25) is 0 Å². The number of aryl methyl sites for hydroxylation is 1. The molecule has 3 rings (SSSR count). The van der Waals surface area contributed by atoms with E-state index in [4.69, 9.17) is 0 Å². The molecule has 0 bridgehead atoms. The van der Waals surface area contributed by atoms with Crippen molar-refractivity contribution in [1.29, 1.82) is 0 Å². The third kappa shape index (κ3) is 3.58. The number of piperidine rings is 1. The molecule has 1 aliphatic heterocycles. The Balaban J connectivity index is 1.64. The quantitative estimate of drug-likeness (QED) is 0.820.